The second-order valence-electron chi connectivity index (χ2n) is 10.3. The second kappa shape index (κ2) is 0.479. The van der Waals surface area contributed by atoms with Crippen LogP contribution in [0.15, 0.2) is 0 Å². The van der Waals surface area contributed by atoms with Gasteiger partial charge in [-0.15, -0.1) is 0 Å². The average molecular weight is 297 g/mol. The maximum absolute atomic E-state index is 12.7. The van der Waals surface area contributed by atoms with Crippen molar-refractivity contribution in [2.24, 2.45) is 0 Å². The number of Topliss-reactive ketones (excluding diaryl/α,β-unsaturated/α-hetero) is 1. The molecular weight excluding hydrogens is 287 g/mol. The van der Waals surface area contributed by atoms with E-state index in [-0.39, 0.29) is 4.31 Å². The zero-order valence-corrected chi connectivity index (χ0v) is 10.9. The molecule has 10 saturated heterocycles. The van der Waals surface area contributed by atoms with Gasteiger partial charge in [0.2, 0.25) is 0 Å². The number of hydrogen-bond donors (Lipinski definition) is 0. The predicted molar refractivity (Wildman–Crippen MR) is 56.9 cm³/mol. The Morgan fingerprint density at radius 1 is 0.938 bits per heavy atom. The van der Waals surface area contributed by atoms with E-state index in [0.717, 1.165) is 9.63 Å². The molecular formula is C12H10Cl2FeO. The molecule has 0 amide bonds. The van der Waals surface area contributed by atoms with Crippen LogP contribution in [0.3, 0.4) is 0 Å². The predicted octanol–water partition coefficient (Wildman–Crippen LogP) is 4.12. The number of carbonyl (C=O) groups excluding carboxylic acids is 1. The van der Waals surface area contributed by atoms with Crippen molar-refractivity contribution in [3.05, 3.63) is 0 Å². The van der Waals surface area contributed by atoms with Gasteiger partial charge in [-0.1, -0.05) is 0 Å². The van der Waals surface area contributed by atoms with E-state index in [1.807, 2.05) is 0 Å². The summed E-state index contributed by atoms with van der Waals surface area (Å²) >= 11 is 12.0. The van der Waals surface area contributed by atoms with Crippen molar-refractivity contribution in [2.75, 3.05) is 0 Å². The molecule has 0 aliphatic carbocycles. The molecule has 1 spiro atoms. The van der Waals surface area contributed by atoms with Crippen LogP contribution in [0.25, 0.3) is 0 Å². The fourth-order valence-corrected chi connectivity index (χ4v) is 91.5. The van der Waals surface area contributed by atoms with Gasteiger partial charge in [0.15, 0.2) is 0 Å². The molecule has 0 saturated carbocycles. The quantitative estimate of drug-likeness (QED) is 0.553. The van der Waals surface area contributed by atoms with E-state index in [2.05, 4.69) is 0 Å². The molecule has 10 rings (SSSR count). The van der Waals surface area contributed by atoms with E-state index in [4.69, 9.17) is 23.2 Å². The normalized spacial score (nSPS) is 126. The van der Waals surface area contributed by atoms with E-state index in [1.54, 1.807) is 0 Å². The summed E-state index contributed by atoms with van der Waals surface area (Å²) < 4.78 is 0.271. The molecule has 0 N–H and O–H groups in total. The number of carbonyl (C=O) groups is 1. The second-order valence-corrected chi connectivity index (χ2v) is 35.0. The van der Waals surface area contributed by atoms with Crippen LogP contribution < -0.4 is 0 Å². The zero-order chi connectivity index (χ0) is 10.2. The third-order valence-corrected chi connectivity index (χ3v) is 58.0. The van der Waals surface area contributed by atoms with Crippen molar-refractivity contribution in [3.8, 4) is 0 Å². The van der Waals surface area contributed by atoms with Gasteiger partial charge in [-0.3, -0.25) is 0 Å². The number of ketones is 1. The van der Waals surface area contributed by atoms with Gasteiger partial charge in [-0.25, -0.2) is 0 Å². The number of halogens is 2. The summed E-state index contributed by atoms with van der Waals surface area (Å²) in [6, 6.07) is 0. The van der Waals surface area contributed by atoms with E-state index >= 15 is 0 Å². The van der Waals surface area contributed by atoms with Crippen molar-refractivity contribution in [1.29, 1.82) is 0 Å². The van der Waals surface area contributed by atoms with Crippen LogP contribution in [0.1, 0.15) is 0 Å². The van der Waals surface area contributed by atoms with Gasteiger partial charge in [0.1, 0.15) is 0 Å². The molecule has 0 aromatic heterocycles. The molecule has 16 heavy (non-hydrogen) atoms. The Hall–Kier alpha value is 0.769. The number of rotatable bonds is 2. The molecule has 10 aliphatic rings. The summed E-state index contributed by atoms with van der Waals surface area (Å²) in [7, 11) is 0. The van der Waals surface area contributed by atoms with E-state index < -0.39 is 11.3 Å². The van der Waals surface area contributed by atoms with Crippen molar-refractivity contribution in [1.82, 2.24) is 0 Å². The van der Waals surface area contributed by atoms with Crippen LogP contribution in [0, 0.1) is 0 Å². The topological polar surface area (TPSA) is 17.1 Å². The number of alkyl halides is 2. The van der Waals surface area contributed by atoms with Crippen molar-refractivity contribution >= 4 is 29.0 Å². The fourth-order valence-electron chi connectivity index (χ4n) is 17.0. The molecule has 0 aromatic carbocycles. The Labute approximate surface area is 92.5 Å². The van der Waals surface area contributed by atoms with Gasteiger partial charge in [0, 0.05) is 0 Å². The Morgan fingerprint density at radius 2 is 1.38 bits per heavy atom. The third-order valence-electron chi connectivity index (χ3n) is 15.3. The summed E-state index contributed by atoms with van der Waals surface area (Å²) in [6.07, 6.45) is 0. The molecule has 4 atom stereocenters. The van der Waals surface area contributed by atoms with Crippen LogP contribution >= 0.6 is 23.2 Å². The summed E-state index contributed by atoms with van der Waals surface area (Å²) in [5.41, 5.74) is 0. The summed E-state index contributed by atoms with van der Waals surface area (Å²) in [6.45, 7) is -3.20. The van der Waals surface area contributed by atoms with Gasteiger partial charge < -0.3 is 0 Å². The third kappa shape index (κ3) is 0.0559. The number of fused-ring (bicyclic) bond motifs is 10. The molecule has 4 heteroatoms. The summed E-state index contributed by atoms with van der Waals surface area (Å²) in [5.74, 6) is 0.349. The van der Waals surface area contributed by atoms with Crippen LogP contribution in [0.2, 0.25) is 47.7 Å². The number of hydrogen-bond acceptors (Lipinski definition) is 1. The minimum atomic E-state index is -3.20. The SMILES string of the molecule is O=C(C(Cl)Cl)[C]12[CH]3[CH]4[CH]5[CH]1[Fe]45321678[CH]2[CH]1[CH]6[CH]7[CH]28. The van der Waals surface area contributed by atoms with Crippen molar-refractivity contribution in [2.45, 2.75) is 52.5 Å². The molecule has 10 aliphatic heterocycles. The molecule has 0 bridgehead atoms. The van der Waals surface area contributed by atoms with E-state index in [0.29, 0.717) is 5.78 Å². The first kappa shape index (κ1) is 6.28. The van der Waals surface area contributed by atoms with Crippen LogP contribution in [0.5, 0.6) is 0 Å². The molecule has 1 nitrogen and oxygen atoms in total. The van der Waals surface area contributed by atoms with Crippen LogP contribution in [-0.4, -0.2) is 10.6 Å². The van der Waals surface area contributed by atoms with Gasteiger partial charge in [0.25, 0.3) is 0 Å². The Balaban J connectivity index is 1.69. The molecule has 4 unspecified atom stereocenters. The maximum atomic E-state index is 12.7. The zero-order valence-electron chi connectivity index (χ0n) is 8.29. The Morgan fingerprint density at radius 3 is 1.56 bits per heavy atom. The van der Waals surface area contributed by atoms with Gasteiger partial charge in [0.05, 0.1) is 0 Å². The first-order chi connectivity index (χ1) is 7.40. The molecule has 0 radical (unpaired) electrons. The molecule has 0 aromatic rings. The summed E-state index contributed by atoms with van der Waals surface area (Å²) in [4.78, 5) is 22.4. The molecule has 10 fully saturated rings. The van der Waals surface area contributed by atoms with E-state index in [9.17, 15) is 4.79 Å². The Kier molecular flexibility index (Phi) is 0.188. The Bertz CT molecular complexity index is 898. The standard InChI is InChI=1S/C7H5Cl2O.C5H5.Fe/c8-7(9)6(10)5-3-1-2-4-5;1-2-4-5-3-1;/h1-4,7H;1-5H;. The minimum absolute atomic E-state index is 0.271. The first-order valence-electron chi connectivity index (χ1n) is 6.44. The molecule has 86 valence electrons. The fraction of sp³-hybridized carbons (Fsp3) is 0.917. The van der Waals surface area contributed by atoms with Gasteiger partial charge in [-0.05, 0) is 0 Å². The van der Waals surface area contributed by atoms with Crippen molar-refractivity contribution < 1.29 is 11.3 Å². The van der Waals surface area contributed by atoms with Gasteiger partial charge in [-0.2, -0.15) is 0 Å². The first-order valence-corrected chi connectivity index (χ1v) is 13.6. The van der Waals surface area contributed by atoms with Crippen LogP contribution in [-0.2, 0) is 11.3 Å². The monoisotopic (exact) mass is 296 g/mol. The van der Waals surface area contributed by atoms with Crippen LogP contribution in [0.4, 0.5) is 0 Å². The molecule has 10 heterocycles. The van der Waals surface area contributed by atoms with E-state index in [1.165, 1.54) is 33.7 Å². The summed E-state index contributed by atoms with van der Waals surface area (Å²) in [5, 5.41) is 0. The van der Waals surface area contributed by atoms with Gasteiger partial charge >= 0.3 is 92.8 Å². The van der Waals surface area contributed by atoms with Crippen molar-refractivity contribution in [3.63, 3.8) is 0 Å². The average Bonchev–Trinajstić information content (AvgIpc) is 3.20.